The third-order valence-electron chi connectivity index (χ3n) is 4.95. The lowest BCUT2D eigenvalue weighted by Gasteiger charge is -2.16. The molecule has 6 nitrogen and oxygen atoms in total. The lowest BCUT2D eigenvalue weighted by Crippen LogP contribution is -2.02. The van der Waals surface area contributed by atoms with Crippen molar-refractivity contribution < 1.29 is 23.4 Å². The van der Waals surface area contributed by atoms with Crippen LogP contribution in [0.5, 0.6) is 23.0 Å². The number of ether oxygens (including phenoxy) is 4. The van der Waals surface area contributed by atoms with E-state index in [-0.39, 0.29) is 0 Å². The van der Waals surface area contributed by atoms with E-state index in [2.05, 4.69) is 0 Å². The molecule has 0 fully saturated rings. The predicted molar refractivity (Wildman–Crippen MR) is 118 cm³/mol. The van der Waals surface area contributed by atoms with E-state index >= 15 is 0 Å². The van der Waals surface area contributed by atoms with E-state index in [1.165, 1.54) is 27.4 Å². The molecule has 0 atom stereocenters. The summed E-state index contributed by atoms with van der Waals surface area (Å²) in [5, 5.41) is 0.623. The number of hydrogen-bond acceptors (Lipinski definition) is 6. The second-order valence-corrected chi connectivity index (χ2v) is 6.80. The molecule has 0 aliphatic rings. The van der Waals surface area contributed by atoms with Gasteiger partial charge in [0.15, 0.2) is 11.5 Å². The summed E-state index contributed by atoms with van der Waals surface area (Å²) >= 11 is 0. The molecular weight excluding hydrogens is 396 g/mol. The topological polar surface area (TPSA) is 67.1 Å². The number of rotatable bonds is 7. The first-order valence-electron chi connectivity index (χ1n) is 9.68. The smallest absolute Gasteiger partial charge is 0.336 e. The molecule has 0 unspecified atom stereocenters. The van der Waals surface area contributed by atoms with Gasteiger partial charge < -0.3 is 23.4 Å². The Kier molecular flexibility index (Phi) is 5.80. The summed E-state index contributed by atoms with van der Waals surface area (Å²) < 4.78 is 27.8. The molecule has 1 heterocycles. The molecule has 3 aromatic carbocycles. The van der Waals surface area contributed by atoms with Crippen LogP contribution in [0.2, 0.25) is 0 Å². The molecule has 158 valence electrons. The minimum atomic E-state index is -0.471. The van der Waals surface area contributed by atoms with Gasteiger partial charge in [-0.25, -0.2) is 4.79 Å². The summed E-state index contributed by atoms with van der Waals surface area (Å²) in [6, 6.07) is 20.5. The predicted octanol–water partition coefficient (Wildman–Crippen LogP) is 5.06. The van der Waals surface area contributed by atoms with E-state index in [1.807, 2.05) is 54.6 Å². The lowest BCUT2D eigenvalue weighted by molar-refractivity contribution is 0.306. The normalized spacial score (nSPS) is 10.7. The third kappa shape index (κ3) is 4.05. The second kappa shape index (κ2) is 8.83. The highest BCUT2D eigenvalue weighted by Crippen LogP contribution is 2.46. The van der Waals surface area contributed by atoms with Crippen LogP contribution in [0.4, 0.5) is 0 Å². The van der Waals surface area contributed by atoms with E-state index in [4.69, 9.17) is 23.4 Å². The van der Waals surface area contributed by atoms with Crippen molar-refractivity contribution in [1.29, 1.82) is 0 Å². The minimum absolute atomic E-state index is 0.349. The van der Waals surface area contributed by atoms with E-state index < -0.39 is 5.63 Å². The van der Waals surface area contributed by atoms with Crippen LogP contribution in [0, 0.1) is 0 Å². The molecule has 31 heavy (non-hydrogen) atoms. The van der Waals surface area contributed by atoms with Crippen LogP contribution in [-0.2, 0) is 6.61 Å². The summed E-state index contributed by atoms with van der Waals surface area (Å²) in [5.74, 6) is 2.00. The molecule has 4 rings (SSSR count). The molecular formula is C25H22O6. The highest BCUT2D eigenvalue weighted by Gasteiger charge is 2.21. The fourth-order valence-corrected chi connectivity index (χ4v) is 3.50. The van der Waals surface area contributed by atoms with Crippen molar-refractivity contribution in [1.82, 2.24) is 0 Å². The van der Waals surface area contributed by atoms with Crippen molar-refractivity contribution in [3.05, 3.63) is 82.7 Å². The summed E-state index contributed by atoms with van der Waals surface area (Å²) in [4.78, 5) is 12.3. The Balaban J connectivity index is 1.76. The molecule has 0 aliphatic carbocycles. The molecule has 0 saturated heterocycles. The highest BCUT2D eigenvalue weighted by molar-refractivity contribution is 6.00. The Labute approximate surface area is 179 Å². The third-order valence-corrected chi connectivity index (χ3v) is 4.95. The van der Waals surface area contributed by atoms with Crippen molar-refractivity contribution in [2.45, 2.75) is 6.61 Å². The monoisotopic (exact) mass is 418 g/mol. The molecule has 1 aromatic heterocycles. The van der Waals surface area contributed by atoms with Gasteiger partial charge in [0.05, 0.1) is 26.7 Å². The maximum Gasteiger partial charge on any atom is 0.336 e. The van der Waals surface area contributed by atoms with Crippen LogP contribution >= 0.6 is 0 Å². The van der Waals surface area contributed by atoms with E-state index in [9.17, 15) is 4.79 Å². The summed E-state index contributed by atoms with van der Waals surface area (Å²) in [7, 11) is 4.58. The van der Waals surface area contributed by atoms with Gasteiger partial charge in [0, 0.05) is 17.7 Å². The van der Waals surface area contributed by atoms with Gasteiger partial charge in [-0.1, -0.05) is 42.5 Å². The molecule has 6 heteroatoms. The Bertz CT molecular complexity index is 1240. The molecule has 4 aromatic rings. The van der Waals surface area contributed by atoms with E-state index in [0.29, 0.717) is 40.4 Å². The quantitative estimate of drug-likeness (QED) is 0.391. The van der Waals surface area contributed by atoms with Crippen molar-refractivity contribution >= 4 is 11.0 Å². The Hall–Kier alpha value is -3.93. The molecule has 0 aliphatic heterocycles. The van der Waals surface area contributed by atoms with E-state index in [0.717, 1.165) is 16.9 Å². The molecule has 0 amide bonds. The molecule has 0 radical (unpaired) electrons. The van der Waals surface area contributed by atoms with Gasteiger partial charge in [-0.15, -0.1) is 0 Å². The zero-order valence-electron chi connectivity index (χ0n) is 17.5. The van der Waals surface area contributed by atoms with Crippen LogP contribution in [0.1, 0.15) is 5.56 Å². The van der Waals surface area contributed by atoms with Crippen LogP contribution in [0.3, 0.4) is 0 Å². The van der Waals surface area contributed by atoms with Gasteiger partial charge in [0.2, 0.25) is 5.75 Å². The second-order valence-electron chi connectivity index (χ2n) is 6.80. The van der Waals surface area contributed by atoms with Crippen LogP contribution in [-0.4, -0.2) is 21.3 Å². The van der Waals surface area contributed by atoms with Crippen molar-refractivity contribution in [2.75, 3.05) is 21.3 Å². The fraction of sp³-hybridized carbons (Fsp3) is 0.160. The number of fused-ring (bicyclic) bond motifs is 1. The molecule has 0 spiro atoms. The number of benzene rings is 3. The highest BCUT2D eigenvalue weighted by atomic mass is 16.5. The molecule has 0 bridgehead atoms. The zero-order valence-corrected chi connectivity index (χ0v) is 17.5. The fourth-order valence-electron chi connectivity index (χ4n) is 3.50. The maximum absolute atomic E-state index is 12.3. The Morgan fingerprint density at radius 2 is 1.52 bits per heavy atom. The van der Waals surface area contributed by atoms with Crippen LogP contribution in [0.15, 0.2) is 75.9 Å². The minimum Gasteiger partial charge on any atom is -0.493 e. The number of hydrogen-bond donors (Lipinski definition) is 0. The van der Waals surface area contributed by atoms with Crippen LogP contribution in [0.25, 0.3) is 22.1 Å². The summed E-state index contributed by atoms with van der Waals surface area (Å²) in [6.45, 7) is 0.475. The van der Waals surface area contributed by atoms with Gasteiger partial charge in [0.1, 0.15) is 17.9 Å². The largest absolute Gasteiger partial charge is 0.493 e. The van der Waals surface area contributed by atoms with Crippen molar-refractivity contribution in [2.24, 2.45) is 0 Å². The maximum atomic E-state index is 12.3. The molecule has 0 saturated carbocycles. The Morgan fingerprint density at radius 3 is 2.16 bits per heavy atom. The van der Waals surface area contributed by atoms with Gasteiger partial charge in [-0.2, -0.15) is 0 Å². The van der Waals surface area contributed by atoms with Crippen LogP contribution < -0.4 is 24.6 Å². The van der Waals surface area contributed by atoms with Crippen molar-refractivity contribution in [3.63, 3.8) is 0 Å². The van der Waals surface area contributed by atoms with Gasteiger partial charge >= 0.3 is 5.63 Å². The van der Waals surface area contributed by atoms with E-state index in [1.54, 1.807) is 6.07 Å². The number of methoxy groups -OCH3 is 3. The van der Waals surface area contributed by atoms with Gasteiger partial charge in [-0.05, 0) is 23.3 Å². The summed E-state index contributed by atoms with van der Waals surface area (Å²) in [5.41, 5.74) is 2.45. The summed E-state index contributed by atoms with van der Waals surface area (Å²) in [6.07, 6.45) is 0. The van der Waals surface area contributed by atoms with Crippen molar-refractivity contribution in [3.8, 4) is 34.1 Å². The first-order valence-corrected chi connectivity index (χ1v) is 9.68. The first kappa shape index (κ1) is 20.3. The average molecular weight is 418 g/mol. The standard InChI is InChI=1S/C25H22O6/c1-27-21-14-20-23(25(29-3)24(21)28-2)19(13-22(26)31-20)17-9-11-18(12-10-17)30-15-16-7-5-4-6-8-16/h4-14H,15H2,1-3H3. The SMILES string of the molecule is COc1cc2oc(=O)cc(-c3ccc(OCc4ccccc4)cc3)c2c(OC)c1OC. The van der Waals surface area contributed by atoms with Gasteiger partial charge in [0.25, 0.3) is 0 Å². The zero-order chi connectivity index (χ0) is 21.8. The lowest BCUT2D eigenvalue weighted by atomic mass is 10.0. The molecule has 0 N–H and O–H groups in total. The first-order chi connectivity index (χ1) is 15.1. The average Bonchev–Trinajstić information content (AvgIpc) is 2.81. The Morgan fingerprint density at radius 1 is 0.806 bits per heavy atom. The van der Waals surface area contributed by atoms with Gasteiger partial charge in [-0.3, -0.25) is 0 Å².